The zero-order valence-corrected chi connectivity index (χ0v) is 18.5. The van der Waals surface area contributed by atoms with Crippen molar-refractivity contribution in [3.05, 3.63) is 82.3 Å². The van der Waals surface area contributed by atoms with E-state index in [1.54, 1.807) is 12.1 Å². The van der Waals surface area contributed by atoms with Gasteiger partial charge in [0.25, 0.3) is 0 Å². The maximum atomic E-state index is 10.3. The molecule has 0 radical (unpaired) electrons. The number of amides is 1. The van der Waals surface area contributed by atoms with E-state index in [0.29, 0.717) is 16.5 Å². The predicted octanol–water partition coefficient (Wildman–Crippen LogP) is 6.97. The summed E-state index contributed by atoms with van der Waals surface area (Å²) in [4.78, 5) is 11.3. The van der Waals surface area contributed by atoms with E-state index in [2.05, 4.69) is 46.5 Å². The molecule has 152 valence electrons. The first-order valence-corrected chi connectivity index (χ1v) is 10.6. The van der Waals surface area contributed by atoms with Crippen LogP contribution in [-0.2, 0) is 11.2 Å². The molecule has 0 heterocycles. The van der Waals surface area contributed by atoms with Gasteiger partial charge < -0.3 is 15.4 Å². The van der Waals surface area contributed by atoms with Gasteiger partial charge in [-0.2, -0.15) is 0 Å². The van der Waals surface area contributed by atoms with E-state index >= 15 is 0 Å². The van der Waals surface area contributed by atoms with Crippen LogP contribution >= 0.6 is 35.1 Å². The van der Waals surface area contributed by atoms with E-state index in [-0.39, 0.29) is 0 Å². The van der Waals surface area contributed by atoms with Gasteiger partial charge in [-0.1, -0.05) is 42.3 Å². The minimum absolute atomic E-state index is 0.512. The van der Waals surface area contributed by atoms with Gasteiger partial charge in [0.05, 0.1) is 10.0 Å². The second-order valence-electron chi connectivity index (χ2n) is 5.92. The Balaban J connectivity index is 0.000000253. The van der Waals surface area contributed by atoms with Crippen LogP contribution in [0.3, 0.4) is 0 Å². The summed E-state index contributed by atoms with van der Waals surface area (Å²) in [7, 11) is 1.93. The number of carbonyl (C=O) groups excluding carboxylic acids is 1. The number of carbonyl (C=O) groups is 1. The van der Waals surface area contributed by atoms with Crippen molar-refractivity contribution in [2.24, 2.45) is 0 Å². The zero-order valence-electron chi connectivity index (χ0n) is 16.2. The normalized spacial score (nSPS) is 9.79. The molecule has 0 bridgehead atoms. The van der Waals surface area contributed by atoms with Gasteiger partial charge in [0.15, 0.2) is 0 Å². The first kappa shape index (κ1) is 22.9. The van der Waals surface area contributed by atoms with E-state index in [1.165, 1.54) is 23.2 Å². The number of anilines is 3. The van der Waals surface area contributed by atoms with Gasteiger partial charge in [0.2, 0.25) is 6.41 Å². The van der Waals surface area contributed by atoms with Gasteiger partial charge in [-0.3, -0.25) is 4.79 Å². The number of aryl methyl sites for hydroxylation is 1. The van der Waals surface area contributed by atoms with Crippen molar-refractivity contribution >= 4 is 58.6 Å². The first-order chi connectivity index (χ1) is 14.0. The fourth-order valence-corrected chi connectivity index (χ4v) is 3.20. The Kier molecular flexibility index (Phi) is 9.71. The third kappa shape index (κ3) is 7.89. The Hall–Kier alpha value is -2.34. The summed E-state index contributed by atoms with van der Waals surface area (Å²) in [5.41, 5.74) is 4.19. The lowest BCUT2D eigenvalue weighted by Crippen LogP contribution is -1.93. The first-order valence-electron chi connectivity index (χ1n) is 9.00. The number of nitrogens with one attached hydrogen (secondary N) is 3. The van der Waals surface area contributed by atoms with Crippen LogP contribution < -0.4 is 15.4 Å². The summed E-state index contributed by atoms with van der Waals surface area (Å²) in [5.74, 6) is 0. The topological polar surface area (TPSA) is 53.2 Å². The average molecular weight is 448 g/mol. The van der Waals surface area contributed by atoms with Gasteiger partial charge in [-0.05, 0) is 78.5 Å². The lowest BCUT2D eigenvalue weighted by molar-refractivity contribution is -0.105. The fraction of sp³-hybridized carbons (Fsp3) is 0.136. The van der Waals surface area contributed by atoms with Gasteiger partial charge >= 0.3 is 0 Å². The minimum Gasteiger partial charge on any atom is -0.388 e. The number of hydrogen-bond acceptors (Lipinski definition) is 4. The second kappa shape index (κ2) is 12.3. The quantitative estimate of drug-likeness (QED) is 0.270. The molecule has 3 aromatic rings. The Morgan fingerprint density at radius 2 is 1.48 bits per heavy atom. The van der Waals surface area contributed by atoms with Gasteiger partial charge in [0, 0.05) is 29.0 Å². The molecule has 3 rings (SSSR count). The van der Waals surface area contributed by atoms with Crippen molar-refractivity contribution in [1.82, 2.24) is 0 Å². The van der Waals surface area contributed by atoms with Crippen LogP contribution in [0.25, 0.3) is 0 Å². The number of hydrogen-bond donors (Lipinski definition) is 3. The summed E-state index contributed by atoms with van der Waals surface area (Å²) >= 11 is 13.2. The van der Waals surface area contributed by atoms with Crippen LogP contribution in [0.1, 0.15) is 12.5 Å². The molecule has 3 N–H and O–H groups in total. The number of halogens is 2. The molecule has 0 aromatic heterocycles. The Bertz CT molecular complexity index is 880. The van der Waals surface area contributed by atoms with E-state index in [4.69, 9.17) is 23.2 Å². The van der Waals surface area contributed by atoms with E-state index in [0.717, 1.165) is 22.7 Å². The molecular formula is C22H23Cl2N3OS. The third-order valence-electron chi connectivity index (χ3n) is 3.94. The van der Waals surface area contributed by atoms with Crippen molar-refractivity contribution in [2.75, 3.05) is 22.4 Å². The smallest absolute Gasteiger partial charge is 0.211 e. The monoisotopic (exact) mass is 447 g/mol. The Labute approximate surface area is 186 Å². The minimum atomic E-state index is 0.512. The molecule has 0 saturated carbocycles. The van der Waals surface area contributed by atoms with E-state index in [1.807, 2.05) is 37.4 Å². The second-order valence-corrected chi connectivity index (χ2v) is 7.61. The molecule has 0 saturated heterocycles. The SMILES string of the molecule is CCc1ccc(NC)cc1.O=CNc1ccc(SNc2ccc(Cl)c(Cl)c2)cc1. The maximum absolute atomic E-state index is 10.3. The molecule has 1 amide bonds. The van der Waals surface area contributed by atoms with E-state index < -0.39 is 0 Å². The van der Waals surface area contributed by atoms with Crippen LogP contribution in [-0.4, -0.2) is 13.5 Å². The lowest BCUT2D eigenvalue weighted by Gasteiger charge is -2.07. The molecule has 3 aromatic carbocycles. The summed E-state index contributed by atoms with van der Waals surface area (Å²) in [5, 5.41) is 6.70. The molecular weight excluding hydrogens is 425 g/mol. The largest absolute Gasteiger partial charge is 0.388 e. The molecule has 7 heteroatoms. The van der Waals surface area contributed by atoms with Crippen LogP contribution in [0.5, 0.6) is 0 Å². The van der Waals surface area contributed by atoms with Gasteiger partial charge in [-0.25, -0.2) is 0 Å². The fourth-order valence-electron chi connectivity index (χ4n) is 2.27. The van der Waals surface area contributed by atoms with Crippen LogP contribution in [0.4, 0.5) is 17.1 Å². The van der Waals surface area contributed by atoms with Crippen molar-refractivity contribution < 1.29 is 4.79 Å². The van der Waals surface area contributed by atoms with Crippen molar-refractivity contribution in [3.8, 4) is 0 Å². The molecule has 4 nitrogen and oxygen atoms in total. The maximum Gasteiger partial charge on any atom is 0.211 e. The third-order valence-corrected chi connectivity index (χ3v) is 5.52. The molecule has 0 fully saturated rings. The number of benzene rings is 3. The molecule has 0 atom stereocenters. The van der Waals surface area contributed by atoms with Crippen LogP contribution in [0.2, 0.25) is 10.0 Å². The lowest BCUT2D eigenvalue weighted by atomic mass is 10.1. The standard InChI is InChI=1S/C13H10Cl2N2OS.C9H13N/c14-12-6-3-10(7-13(12)15)17-19-11-4-1-9(2-5-11)16-8-18;1-3-8-4-6-9(10-2)7-5-8/h1-8,17H,(H,16,18);4-7,10H,3H2,1-2H3. The highest BCUT2D eigenvalue weighted by Gasteiger charge is 2.00. The van der Waals surface area contributed by atoms with Crippen LogP contribution in [0, 0.1) is 0 Å². The molecule has 0 aliphatic rings. The Morgan fingerprint density at radius 3 is 2.03 bits per heavy atom. The molecule has 0 spiro atoms. The molecule has 0 aliphatic heterocycles. The Morgan fingerprint density at radius 1 is 0.862 bits per heavy atom. The van der Waals surface area contributed by atoms with Crippen molar-refractivity contribution in [1.29, 1.82) is 0 Å². The average Bonchev–Trinajstić information content (AvgIpc) is 2.76. The highest BCUT2D eigenvalue weighted by molar-refractivity contribution is 8.00. The molecule has 0 aliphatic carbocycles. The van der Waals surface area contributed by atoms with Gasteiger partial charge in [-0.15, -0.1) is 0 Å². The molecule has 29 heavy (non-hydrogen) atoms. The van der Waals surface area contributed by atoms with Gasteiger partial charge in [0.1, 0.15) is 0 Å². The summed E-state index contributed by atoms with van der Waals surface area (Å²) < 4.78 is 3.16. The molecule has 0 unspecified atom stereocenters. The summed E-state index contributed by atoms with van der Waals surface area (Å²) in [6.07, 6.45) is 1.76. The zero-order chi connectivity index (χ0) is 21.1. The summed E-state index contributed by atoms with van der Waals surface area (Å²) in [6.45, 7) is 2.16. The van der Waals surface area contributed by atoms with Crippen molar-refractivity contribution in [3.63, 3.8) is 0 Å². The highest BCUT2D eigenvalue weighted by Crippen LogP contribution is 2.28. The van der Waals surface area contributed by atoms with Crippen LogP contribution in [0.15, 0.2) is 71.6 Å². The summed E-state index contributed by atoms with van der Waals surface area (Å²) in [6, 6.07) is 21.3. The van der Waals surface area contributed by atoms with Crippen molar-refractivity contribution in [2.45, 2.75) is 18.2 Å². The highest BCUT2D eigenvalue weighted by atomic mass is 35.5. The van der Waals surface area contributed by atoms with E-state index in [9.17, 15) is 4.79 Å². The predicted molar refractivity (Wildman–Crippen MR) is 127 cm³/mol. The number of rotatable bonds is 7.